The molecule has 1 aliphatic heterocycles. The number of rotatable bonds is 7. The van der Waals surface area contributed by atoms with Crippen molar-refractivity contribution in [3.63, 3.8) is 0 Å². The molecule has 8 nitrogen and oxygen atoms in total. The lowest BCUT2D eigenvalue weighted by molar-refractivity contribution is -0.387. The number of amides is 3. The van der Waals surface area contributed by atoms with Crippen molar-refractivity contribution < 1.29 is 14.5 Å². The summed E-state index contributed by atoms with van der Waals surface area (Å²) in [6.07, 6.45) is 2.97. The molecule has 0 atom stereocenters. The van der Waals surface area contributed by atoms with Gasteiger partial charge in [-0.05, 0) is 49.8 Å². The van der Waals surface area contributed by atoms with E-state index in [1.807, 2.05) is 13.8 Å². The van der Waals surface area contributed by atoms with Gasteiger partial charge in [-0.15, -0.1) is 0 Å². The fraction of sp³-hybridized carbons (Fsp3) is 0.333. The maximum absolute atomic E-state index is 12.6. The largest absolute Gasteiger partial charge is 0.336 e. The van der Waals surface area contributed by atoms with Crippen LogP contribution >= 0.6 is 35.0 Å². The highest BCUT2D eigenvalue weighted by Gasteiger charge is 2.25. The van der Waals surface area contributed by atoms with Crippen LogP contribution in [-0.4, -0.2) is 70.8 Å². The van der Waals surface area contributed by atoms with Crippen LogP contribution in [0.25, 0.3) is 6.08 Å². The predicted octanol–water partition coefficient (Wildman–Crippen LogP) is 5.67. The Balaban J connectivity index is 1.65. The molecule has 1 heterocycles. The molecule has 2 aromatic carbocycles. The third-order valence-corrected chi connectivity index (χ3v) is 7.41. The summed E-state index contributed by atoms with van der Waals surface area (Å²) in [7, 11) is 0. The Hall–Kier alpha value is -2.75. The zero-order valence-electron chi connectivity index (χ0n) is 19.4. The van der Waals surface area contributed by atoms with E-state index in [0.717, 1.165) is 0 Å². The maximum atomic E-state index is 12.6. The van der Waals surface area contributed by atoms with E-state index in [2.05, 4.69) is 0 Å². The number of benzene rings is 2. The van der Waals surface area contributed by atoms with Gasteiger partial charge in [-0.1, -0.05) is 41.0 Å². The Labute approximate surface area is 218 Å². The van der Waals surface area contributed by atoms with Crippen LogP contribution in [0.5, 0.6) is 0 Å². The topological polar surface area (TPSA) is 87.0 Å². The van der Waals surface area contributed by atoms with Gasteiger partial charge in [0, 0.05) is 61.3 Å². The first-order valence-corrected chi connectivity index (χ1v) is 12.7. The first-order chi connectivity index (χ1) is 16.7. The molecule has 0 bridgehead atoms. The quantitative estimate of drug-likeness (QED) is 0.258. The third kappa shape index (κ3) is 6.90. The minimum Gasteiger partial charge on any atom is -0.336 e. The van der Waals surface area contributed by atoms with Crippen molar-refractivity contribution in [1.82, 2.24) is 14.7 Å². The molecular weight excluding hydrogens is 511 g/mol. The summed E-state index contributed by atoms with van der Waals surface area (Å²) in [4.78, 5) is 42.6. The summed E-state index contributed by atoms with van der Waals surface area (Å²) in [5.41, 5.74) is 0.450. The molecule has 0 radical (unpaired) electrons. The number of hydrogen-bond donors (Lipinski definition) is 0. The lowest BCUT2D eigenvalue weighted by Crippen LogP contribution is -2.53. The number of nitrogens with zero attached hydrogens (tertiary/aromatic N) is 4. The maximum Gasteiger partial charge on any atom is 0.320 e. The Morgan fingerprint density at radius 1 is 1.03 bits per heavy atom. The molecular formula is C24H26Cl2N4O4S. The average molecular weight is 537 g/mol. The number of carbonyl (C=O) groups is 2. The van der Waals surface area contributed by atoms with Gasteiger partial charge in [-0.3, -0.25) is 14.9 Å². The molecule has 0 N–H and O–H groups in total. The van der Waals surface area contributed by atoms with E-state index in [4.69, 9.17) is 23.2 Å². The van der Waals surface area contributed by atoms with E-state index in [1.165, 1.54) is 23.9 Å². The highest BCUT2D eigenvalue weighted by atomic mass is 35.5. The number of halogens is 2. The monoisotopic (exact) mass is 536 g/mol. The number of nitro benzene ring substituents is 1. The van der Waals surface area contributed by atoms with Crippen LogP contribution in [0.3, 0.4) is 0 Å². The number of hydrogen-bond acceptors (Lipinski definition) is 5. The molecule has 2 aromatic rings. The van der Waals surface area contributed by atoms with Gasteiger partial charge in [0.15, 0.2) is 0 Å². The third-order valence-electron chi connectivity index (χ3n) is 5.61. The number of nitro groups is 1. The van der Waals surface area contributed by atoms with E-state index in [1.54, 1.807) is 51.1 Å². The molecule has 0 aromatic heterocycles. The molecule has 11 heteroatoms. The van der Waals surface area contributed by atoms with E-state index in [-0.39, 0.29) is 17.6 Å². The SMILES string of the molecule is CCN(CC)C(=O)N1CCN(C(=O)C=Cc2ccc(Sc3ccc(Cl)cc3Cl)c([N+](=O)[O-])c2)CC1. The second-order valence-corrected chi connectivity index (χ2v) is 9.69. The number of carbonyl (C=O) groups excluding carboxylic acids is 2. The highest BCUT2D eigenvalue weighted by molar-refractivity contribution is 7.99. The number of urea groups is 1. The first-order valence-electron chi connectivity index (χ1n) is 11.2. The van der Waals surface area contributed by atoms with Crippen molar-refractivity contribution in [1.29, 1.82) is 0 Å². The fourth-order valence-electron chi connectivity index (χ4n) is 3.63. The molecule has 3 amide bonds. The van der Waals surface area contributed by atoms with Gasteiger partial charge in [0.05, 0.1) is 14.8 Å². The average Bonchev–Trinajstić information content (AvgIpc) is 2.85. The zero-order chi connectivity index (χ0) is 25.5. The molecule has 186 valence electrons. The van der Waals surface area contributed by atoms with Crippen LogP contribution in [0.2, 0.25) is 10.0 Å². The second kappa shape index (κ2) is 12.3. The Morgan fingerprint density at radius 3 is 2.26 bits per heavy atom. The van der Waals surface area contributed by atoms with Crippen LogP contribution in [0, 0.1) is 10.1 Å². The van der Waals surface area contributed by atoms with Gasteiger partial charge in [0.1, 0.15) is 0 Å². The molecule has 35 heavy (non-hydrogen) atoms. The van der Waals surface area contributed by atoms with E-state index < -0.39 is 4.92 Å². The molecule has 0 unspecified atom stereocenters. The molecule has 1 fully saturated rings. The minimum atomic E-state index is -0.461. The van der Waals surface area contributed by atoms with Gasteiger partial charge in [-0.2, -0.15) is 0 Å². The summed E-state index contributed by atoms with van der Waals surface area (Å²) in [6.45, 7) is 6.99. The molecule has 0 saturated carbocycles. The summed E-state index contributed by atoms with van der Waals surface area (Å²) in [6, 6.07) is 9.72. The summed E-state index contributed by atoms with van der Waals surface area (Å²) >= 11 is 13.3. The van der Waals surface area contributed by atoms with Crippen molar-refractivity contribution >= 4 is 58.7 Å². The number of piperazine rings is 1. The Bertz CT molecular complexity index is 1130. The van der Waals surface area contributed by atoms with E-state index >= 15 is 0 Å². The van der Waals surface area contributed by atoms with E-state index in [9.17, 15) is 19.7 Å². The summed E-state index contributed by atoms with van der Waals surface area (Å²) in [5.74, 6) is -0.200. The van der Waals surface area contributed by atoms with Crippen molar-refractivity contribution in [2.45, 2.75) is 23.6 Å². The van der Waals surface area contributed by atoms with Gasteiger partial charge in [-0.25, -0.2) is 4.79 Å². The molecule has 1 aliphatic rings. The van der Waals surface area contributed by atoms with Crippen molar-refractivity contribution in [3.05, 3.63) is 68.2 Å². The van der Waals surface area contributed by atoms with Gasteiger partial charge >= 0.3 is 6.03 Å². The van der Waals surface area contributed by atoms with Crippen LogP contribution in [0.1, 0.15) is 19.4 Å². The summed E-state index contributed by atoms with van der Waals surface area (Å²) in [5, 5.41) is 12.6. The van der Waals surface area contributed by atoms with E-state index in [0.29, 0.717) is 64.7 Å². The van der Waals surface area contributed by atoms with Gasteiger partial charge in [0.25, 0.3) is 5.69 Å². The van der Waals surface area contributed by atoms with Crippen molar-refractivity contribution in [3.8, 4) is 0 Å². The molecule has 0 aliphatic carbocycles. The Kier molecular flexibility index (Phi) is 9.42. The lowest BCUT2D eigenvalue weighted by atomic mass is 10.2. The van der Waals surface area contributed by atoms with Gasteiger partial charge in [0.2, 0.25) is 5.91 Å². The van der Waals surface area contributed by atoms with Crippen LogP contribution < -0.4 is 0 Å². The molecule has 1 saturated heterocycles. The van der Waals surface area contributed by atoms with Crippen LogP contribution in [0.15, 0.2) is 52.3 Å². The predicted molar refractivity (Wildman–Crippen MR) is 139 cm³/mol. The lowest BCUT2D eigenvalue weighted by Gasteiger charge is -2.36. The highest BCUT2D eigenvalue weighted by Crippen LogP contribution is 2.39. The molecule has 0 spiro atoms. The standard InChI is InChI=1S/C24H26Cl2N4O4S/c1-3-27(4-2)24(32)29-13-11-28(12-14-29)23(31)10-6-17-5-8-22(20(15-17)30(33)34)35-21-9-7-18(25)16-19(21)26/h5-10,15-16H,3-4,11-14H2,1-2H3. The van der Waals surface area contributed by atoms with Crippen molar-refractivity contribution in [2.24, 2.45) is 0 Å². The Morgan fingerprint density at radius 2 is 1.66 bits per heavy atom. The van der Waals surface area contributed by atoms with Crippen LogP contribution in [0.4, 0.5) is 10.5 Å². The molecule has 3 rings (SSSR count). The first kappa shape index (κ1) is 26.8. The smallest absolute Gasteiger partial charge is 0.320 e. The summed E-state index contributed by atoms with van der Waals surface area (Å²) < 4.78 is 0. The van der Waals surface area contributed by atoms with Crippen LogP contribution in [-0.2, 0) is 4.79 Å². The normalized spacial score (nSPS) is 13.8. The fourth-order valence-corrected chi connectivity index (χ4v) is 5.06. The second-order valence-electron chi connectivity index (χ2n) is 7.76. The van der Waals surface area contributed by atoms with Gasteiger partial charge < -0.3 is 14.7 Å². The zero-order valence-corrected chi connectivity index (χ0v) is 21.8. The minimum absolute atomic E-state index is 0.0113. The van der Waals surface area contributed by atoms with Crippen molar-refractivity contribution in [2.75, 3.05) is 39.3 Å².